The zero-order valence-corrected chi connectivity index (χ0v) is 9.74. The largest absolute Gasteiger partial charge is 0.316 e. The average molecular weight is 207 g/mol. The first kappa shape index (κ1) is 10.7. The monoisotopic (exact) mass is 207 g/mol. The second kappa shape index (κ2) is 4.79. The Bertz CT molecular complexity index is 298. The number of hydrogen-bond donors (Lipinski definition) is 1. The lowest BCUT2D eigenvalue weighted by molar-refractivity contribution is 0.340. The van der Waals surface area contributed by atoms with Gasteiger partial charge in [-0.3, -0.25) is 4.68 Å². The first-order chi connectivity index (χ1) is 7.33. The van der Waals surface area contributed by atoms with E-state index in [1.807, 2.05) is 0 Å². The second-order valence-electron chi connectivity index (χ2n) is 4.49. The molecule has 0 saturated carbocycles. The van der Waals surface area contributed by atoms with E-state index in [1.165, 1.54) is 18.5 Å². The Kier molecular flexibility index (Phi) is 3.41. The number of nitrogens with zero attached hydrogens (tertiary/aromatic N) is 2. The zero-order chi connectivity index (χ0) is 10.7. The molecule has 0 amide bonds. The van der Waals surface area contributed by atoms with Crippen molar-refractivity contribution in [2.75, 3.05) is 13.1 Å². The summed E-state index contributed by atoms with van der Waals surface area (Å²) in [4.78, 5) is 0. The summed E-state index contributed by atoms with van der Waals surface area (Å²) in [6.45, 7) is 6.78. The lowest BCUT2D eigenvalue weighted by atomic mass is 9.98. The molecule has 1 aliphatic heterocycles. The van der Waals surface area contributed by atoms with Gasteiger partial charge in [0, 0.05) is 6.20 Å². The Morgan fingerprint density at radius 2 is 2.20 bits per heavy atom. The van der Waals surface area contributed by atoms with Crippen molar-refractivity contribution >= 4 is 0 Å². The van der Waals surface area contributed by atoms with Crippen LogP contribution in [0.3, 0.4) is 0 Å². The van der Waals surface area contributed by atoms with Gasteiger partial charge in [0.05, 0.1) is 11.7 Å². The molecule has 1 aromatic rings. The molecule has 0 aliphatic carbocycles. The molecule has 1 aromatic heterocycles. The van der Waals surface area contributed by atoms with Crippen LogP contribution in [0.2, 0.25) is 0 Å². The van der Waals surface area contributed by atoms with E-state index >= 15 is 0 Å². The van der Waals surface area contributed by atoms with Crippen molar-refractivity contribution in [2.24, 2.45) is 5.92 Å². The topological polar surface area (TPSA) is 29.9 Å². The maximum absolute atomic E-state index is 4.66. The van der Waals surface area contributed by atoms with Gasteiger partial charge in [-0.15, -0.1) is 0 Å². The van der Waals surface area contributed by atoms with Gasteiger partial charge in [0.25, 0.3) is 0 Å². The minimum absolute atomic E-state index is 0.582. The molecule has 3 nitrogen and oxygen atoms in total. The fourth-order valence-electron chi connectivity index (χ4n) is 2.14. The quantitative estimate of drug-likeness (QED) is 0.800. The average Bonchev–Trinajstić information content (AvgIpc) is 2.62. The van der Waals surface area contributed by atoms with Gasteiger partial charge in [-0.25, -0.2) is 0 Å². The van der Waals surface area contributed by atoms with Crippen molar-refractivity contribution in [3.8, 4) is 0 Å². The summed E-state index contributed by atoms with van der Waals surface area (Å²) in [6, 6.07) is 2.76. The van der Waals surface area contributed by atoms with E-state index in [0.717, 1.165) is 25.4 Å². The van der Waals surface area contributed by atoms with Crippen molar-refractivity contribution in [1.29, 1.82) is 0 Å². The van der Waals surface area contributed by atoms with Crippen molar-refractivity contribution in [2.45, 2.75) is 39.2 Å². The Labute approximate surface area is 91.9 Å². The summed E-state index contributed by atoms with van der Waals surface area (Å²) < 4.78 is 2.14. The minimum atomic E-state index is 0.582. The van der Waals surface area contributed by atoms with Crippen LogP contribution in [0, 0.1) is 5.92 Å². The molecular formula is C12H21N3. The van der Waals surface area contributed by atoms with E-state index in [9.17, 15) is 0 Å². The summed E-state index contributed by atoms with van der Waals surface area (Å²) in [5.74, 6) is 0.815. The van der Waals surface area contributed by atoms with E-state index in [4.69, 9.17) is 0 Å². The van der Waals surface area contributed by atoms with Crippen LogP contribution in [0.4, 0.5) is 0 Å². The van der Waals surface area contributed by atoms with E-state index in [1.54, 1.807) is 0 Å². The van der Waals surface area contributed by atoms with Gasteiger partial charge in [-0.05, 0) is 44.3 Å². The van der Waals surface area contributed by atoms with Gasteiger partial charge in [-0.1, -0.05) is 13.8 Å². The Balaban J connectivity index is 1.95. The van der Waals surface area contributed by atoms with E-state index < -0.39 is 0 Å². The Morgan fingerprint density at radius 1 is 1.47 bits per heavy atom. The normalized spacial score (nSPS) is 17.0. The zero-order valence-electron chi connectivity index (χ0n) is 9.74. The maximum Gasteiger partial charge on any atom is 0.0628 e. The van der Waals surface area contributed by atoms with Crippen LogP contribution < -0.4 is 5.32 Å². The number of aromatic nitrogens is 2. The molecule has 2 rings (SSSR count). The van der Waals surface area contributed by atoms with E-state index in [2.05, 4.69) is 41.2 Å². The fourth-order valence-corrected chi connectivity index (χ4v) is 2.14. The molecule has 84 valence electrons. The summed E-state index contributed by atoms with van der Waals surface area (Å²) in [6.07, 6.45) is 5.62. The van der Waals surface area contributed by atoms with Crippen LogP contribution in [-0.2, 0) is 6.42 Å². The van der Waals surface area contributed by atoms with Crippen LogP contribution in [0.15, 0.2) is 12.3 Å². The molecule has 0 atom stereocenters. The predicted molar refractivity (Wildman–Crippen MR) is 61.9 cm³/mol. The van der Waals surface area contributed by atoms with Gasteiger partial charge in [0.2, 0.25) is 0 Å². The summed E-state index contributed by atoms with van der Waals surface area (Å²) in [5.41, 5.74) is 1.26. The lowest BCUT2D eigenvalue weighted by Crippen LogP contribution is -2.43. The van der Waals surface area contributed by atoms with Gasteiger partial charge < -0.3 is 5.32 Å². The molecule has 15 heavy (non-hydrogen) atoms. The van der Waals surface area contributed by atoms with E-state index in [-0.39, 0.29) is 0 Å². The van der Waals surface area contributed by atoms with Crippen LogP contribution in [0.1, 0.15) is 38.4 Å². The summed E-state index contributed by atoms with van der Waals surface area (Å²) >= 11 is 0. The molecule has 1 N–H and O–H groups in total. The lowest BCUT2D eigenvalue weighted by Gasteiger charge is -2.26. The summed E-state index contributed by atoms with van der Waals surface area (Å²) in [5, 5.41) is 7.96. The van der Waals surface area contributed by atoms with Crippen LogP contribution in [0.25, 0.3) is 0 Å². The molecule has 0 radical (unpaired) electrons. The SMILES string of the molecule is CCC(CC)n1ccc(CC2CNC2)n1. The molecule has 0 unspecified atom stereocenters. The molecule has 0 spiro atoms. The van der Waals surface area contributed by atoms with Crippen molar-refractivity contribution in [3.63, 3.8) is 0 Å². The van der Waals surface area contributed by atoms with Crippen molar-refractivity contribution in [3.05, 3.63) is 18.0 Å². The molecular weight excluding hydrogens is 186 g/mol. The molecule has 0 bridgehead atoms. The molecule has 1 saturated heterocycles. The molecule has 1 fully saturated rings. The van der Waals surface area contributed by atoms with E-state index in [0.29, 0.717) is 6.04 Å². The smallest absolute Gasteiger partial charge is 0.0628 e. The third-order valence-corrected chi connectivity index (χ3v) is 3.34. The number of rotatable bonds is 5. The summed E-state index contributed by atoms with van der Waals surface area (Å²) in [7, 11) is 0. The third kappa shape index (κ3) is 2.40. The Hall–Kier alpha value is -0.830. The molecule has 0 aromatic carbocycles. The number of nitrogens with one attached hydrogen (secondary N) is 1. The molecule has 1 aliphatic rings. The van der Waals surface area contributed by atoms with Crippen LogP contribution in [0.5, 0.6) is 0 Å². The third-order valence-electron chi connectivity index (χ3n) is 3.34. The number of hydrogen-bond acceptors (Lipinski definition) is 2. The van der Waals surface area contributed by atoms with Gasteiger partial charge >= 0.3 is 0 Å². The maximum atomic E-state index is 4.66. The van der Waals surface area contributed by atoms with Crippen molar-refractivity contribution in [1.82, 2.24) is 15.1 Å². The molecule has 3 heteroatoms. The van der Waals surface area contributed by atoms with Gasteiger partial charge in [0.1, 0.15) is 0 Å². The highest BCUT2D eigenvalue weighted by Crippen LogP contribution is 2.16. The molecule has 2 heterocycles. The van der Waals surface area contributed by atoms with Gasteiger partial charge in [0.15, 0.2) is 0 Å². The standard InChI is InChI=1S/C12H21N3/c1-3-12(4-2)15-6-5-11(14-15)7-10-8-13-9-10/h5-6,10,12-13H,3-4,7-9H2,1-2H3. The van der Waals surface area contributed by atoms with Crippen LogP contribution in [-0.4, -0.2) is 22.9 Å². The highest BCUT2D eigenvalue weighted by atomic mass is 15.3. The fraction of sp³-hybridized carbons (Fsp3) is 0.750. The highest BCUT2D eigenvalue weighted by Gasteiger charge is 2.18. The van der Waals surface area contributed by atoms with Crippen molar-refractivity contribution < 1.29 is 0 Å². The van der Waals surface area contributed by atoms with Gasteiger partial charge in [-0.2, -0.15) is 5.10 Å². The first-order valence-corrected chi connectivity index (χ1v) is 6.08. The predicted octanol–water partition coefficient (Wildman–Crippen LogP) is 2.01. The van der Waals surface area contributed by atoms with Crippen LogP contribution >= 0.6 is 0 Å². The minimum Gasteiger partial charge on any atom is -0.316 e. The Morgan fingerprint density at radius 3 is 2.73 bits per heavy atom. The second-order valence-corrected chi connectivity index (χ2v) is 4.49. The highest BCUT2D eigenvalue weighted by molar-refractivity contribution is 5.02. The first-order valence-electron chi connectivity index (χ1n) is 6.08.